The number of rotatable bonds is 9. The van der Waals surface area contributed by atoms with Crippen LogP contribution < -0.4 is 10.2 Å². The van der Waals surface area contributed by atoms with Crippen LogP contribution in [0.4, 0.5) is 0 Å². The third kappa shape index (κ3) is 6.06. The fourth-order valence-corrected chi connectivity index (χ4v) is 8.86. The number of hydrogen-bond acceptors (Lipinski definition) is 11. The molecule has 6 atom stereocenters. The van der Waals surface area contributed by atoms with Crippen molar-refractivity contribution >= 4 is 16.8 Å². The molecule has 55 heavy (non-hydrogen) atoms. The number of azide groups is 1. The number of hydrogen-bond donors (Lipinski definition) is 0. The van der Waals surface area contributed by atoms with E-state index in [9.17, 15) is 10.3 Å². The molecule has 2 aliphatic heterocycles. The standard InChI is InChI=1S/C42H47N3O10/c1-22-18-28-34(37-32(22)29(46)19-31(53-37)41(7)24(3)54-39(4,5)55-41)35(47)33-27(42(28,49-9)50-10)17-16-26(36(33)48-8)30-20-40(6,44-45-43)38(23(2)52-30)51-21-25-14-12-11-13-15-25/h11-19,23-24,30,38H,20-21H2,1-10H3/t23-,24+,30-,38+,40-,41+/m0/s1. The third-order valence-corrected chi connectivity index (χ3v) is 11.4. The van der Waals surface area contributed by atoms with E-state index in [0.717, 1.165) is 5.56 Å². The predicted octanol–water partition coefficient (Wildman–Crippen LogP) is 8.04. The number of carbonyl (C=O) groups excluding carboxylic acids is 1. The monoisotopic (exact) mass is 753 g/mol. The van der Waals surface area contributed by atoms with Crippen molar-refractivity contribution in [1.82, 2.24) is 0 Å². The number of methoxy groups -OCH3 is 3. The van der Waals surface area contributed by atoms with Gasteiger partial charge in [-0.3, -0.25) is 9.59 Å². The first-order chi connectivity index (χ1) is 26.1. The summed E-state index contributed by atoms with van der Waals surface area (Å²) in [5.41, 5.74) is 10.4. The zero-order valence-corrected chi connectivity index (χ0v) is 32.8. The van der Waals surface area contributed by atoms with Crippen molar-refractivity contribution < 1.29 is 42.4 Å². The molecule has 0 N–H and O–H groups in total. The van der Waals surface area contributed by atoms with E-state index >= 15 is 4.79 Å². The summed E-state index contributed by atoms with van der Waals surface area (Å²) < 4.78 is 50.5. The van der Waals surface area contributed by atoms with Gasteiger partial charge in [-0.15, -0.1) is 0 Å². The van der Waals surface area contributed by atoms with E-state index in [1.807, 2.05) is 57.2 Å². The second-order valence-corrected chi connectivity index (χ2v) is 15.4. The van der Waals surface area contributed by atoms with Crippen LogP contribution in [0.3, 0.4) is 0 Å². The quantitative estimate of drug-likeness (QED) is 0.0708. The molecule has 0 radical (unpaired) electrons. The van der Waals surface area contributed by atoms with E-state index in [1.165, 1.54) is 27.4 Å². The van der Waals surface area contributed by atoms with Crippen molar-refractivity contribution in [3.05, 3.63) is 120 Å². The van der Waals surface area contributed by atoms with E-state index in [0.29, 0.717) is 28.9 Å². The molecule has 2 fully saturated rings. The number of nitrogens with zero attached hydrogens (tertiary/aromatic N) is 3. The topological polar surface area (TPSA) is 161 Å². The number of fused-ring (bicyclic) bond motifs is 4. The molecule has 1 aliphatic carbocycles. The first-order valence-electron chi connectivity index (χ1n) is 18.3. The molecule has 13 heteroatoms. The molecule has 290 valence electrons. The first kappa shape index (κ1) is 38.7. The van der Waals surface area contributed by atoms with E-state index in [4.69, 9.17) is 37.6 Å². The molecule has 0 bridgehead atoms. The number of ether oxygens (including phenoxy) is 7. The Balaban J connectivity index is 1.38. The Morgan fingerprint density at radius 3 is 2.27 bits per heavy atom. The van der Waals surface area contributed by atoms with Crippen LogP contribution in [0.15, 0.2) is 68.9 Å². The SMILES string of the molecule is COc1c([C@@H]2C[C@](C)(N=[N+]=[N-])[C@H](OCc3ccccc3)[C@H](C)O2)ccc2c1C(=O)c1c(cc(C)c3c(=O)cc([C@]4(C)OC(C)(C)O[C@@H]4C)oc13)C2(OC)OC. The molecule has 13 nitrogen and oxygen atoms in total. The Hall–Kier alpha value is -4.59. The van der Waals surface area contributed by atoms with Crippen molar-refractivity contribution in [1.29, 1.82) is 0 Å². The maximum Gasteiger partial charge on any atom is 0.223 e. The molecule has 3 aromatic carbocycles. The maximum absolute atomic E-state index is 15.2. The van der Waals surface area contributed by atoms with Crippen LogP contribution >= 0.6 is 0 Å². The van der Waals surface area contributed by atoms with Gasteiger partial charge in [0.25, 0.3) is 0 Å². The third-order valence-electron chi connectivity index (χ3n) is 11.4. The minimum Gasteiger partial charge on any atom is -0.496 e. The maximum atomic E-state index is 15.2. The summed E-state index contributed by atoms with van der Waals surface area (Å²) in [5, 5.41) is 4.49. The molecule has 0 spiro atoms. The van der Waals surface area contributed by atoms with E-state index < -0.39 is 52.9 Å². The van der Waals surface area contributed by atoms with Crippen LogP contribution in [0.2, 0.25) is 0 Å². The molecule has 3 heterocycles. The van der Waals surface area contributed by atoms with Crippen molar-refractivity contribution in [2.24, 2.45) is 5.11 Å². The molecule has 3 aliphatic rings. The molecule has 0 unspecified atom stereocenters. The molecule has 7 rings (SSSR count). The summed E-state index contributed by atoms with van der Waals surface area (Å²) in [6.07, 6.45) is -2.06. The summed E-state index contributed by atoms with van der Waals surface area (Å²) >= 11 is 0. The molecular weight excluding hydrogens is 706 g/mol. The van der Waals surface area contributed by atoms with Crippen LogP contribution in [0.1, 0.15) is 104 Å². The smallest absolute Gasteiger partial charge is 0.223 e. The van der Waals surface area contributed by atoms with Crippen LogP contribution in [0.5, 0.6) is 5.75 Å². The number of benzene rings is 3. The largest absolute Gasteiger partial charge is 0.496 e. The minimum atomic E-state index is -1.61. The zero-order valence-electron chi connectivity index (χ0n) is 32.8. The Labute approximate surface area is 319 Å². The molecular formula is C42H47N3O10. The number of aryl methyl sites for hydroxylation is 1. The van der Waals surface area contributed by atoms with Crippen LogP contribution in [0, 0.1) is 6.92 Å². The van der Waals surface area contributed by atoms with E-state index in [1.54, 1.807) is 39.8 Å². The summed E-state index contributed by atoms with van der Waals surface area (Å²) in [6, 6.07) is 16.4. The summed E-state index contributed by atoms with van der Waals surface area (Å²) in [7, 11) is 4.45. The van der Waals surface area contributed by atoms with Crippen LogP contribution in [0.25, 0.3) is 21.4 Å². The molecule has 4 aromatic rings. The van der Waals surface area contributed by atoms with E-state index in [-0.39, 0.29) is 45.5 Å². The van der Waals surface area contributed by atoms with Gasteiger partial charge in [-0.25, -0.2) is 0 Å². The lowest BCUT2D eigenvalue weighted by Crippen LogP contribution is -2.52. The minimum absolute atomic E-state index is 0.0673. The second-order valence-electron chi connectivity index (χ2n) is 15.4. The van der Waals surface area contributed by atoms with Crippen molar-refractivity contribution in [2.45, 2.75) is 109 Å². The van der Waals surface area contributed by atoms with Gasteiger partial charge in [0, 0.05) is 41.9 Å². The van der Waals surface area contributed by atoms with Gasteiger partial charge in [0.2, 0.25) is 11.6 Å². The first-order valence-corrected chi connectivity index (χ1v) is 18.3. The summed E-state index contributed by atoms with van der Waals surface area (Å²) in [5.74, 6) is -2.60. The Kier molecular flexibility index (Phi) is 9.74. The lowest BCUT2D eigenvalue weighted by molar-refractivity contribution is -0.185. The second kappa shape index (κ2) is 13.9. The average Bonchev–Trinajstić information content (AvgIpc) is 3.37. The van der Waals surface area contributed by atoms with Gasteiger partial charge in [-0.2, -0.15) is 0 Å². The summed E-state index contributed by atoms with van der Waals surface area (Å²) in [4.78, 5) is 32.4. The Morgan fingerprint density at radius 1 is 0.945 bits per heavy atom. The Morgan fingerprint density at radius 2 is 1.65 bits per heavy atom. The van der Waals surface area contributed by atoms with Gasteiger partial charge >= 0.3 is 0 Å². The Bertz CT molecular complexity index is 2280. The van der Waals surface area contributed by atoms with Gasteiger partial charge < -0.3 is 37.6 Å². The van der Waals surface area contributed by atoms with Crippen molar-refractivity contribution in [3.8, 4) is 5.75 Å². The number of carbonyl (C=O) groups is 1. The number of ketones is 1. The normalized spacial score (nSPS) is 28.0. The van der Waals surface area contributed by atoms with Gasteiger partial charge in [0.1, 0.15) is 17.1 Å². The highest BCUT2D eigenvalue weighted by molar-refractivity contribution is 6.20. The molecule has 1 aromatic heterocycles. The fourth-order valence-electron chi connectivity index (χ4n) is 8.86. The zero-order chi connectivity index (χ0) is 39.7. The highest BCUT2D eigenvalue weighted by atomic mass is 16.8. The molecule has 2 saturated heterocycles. The van der Waals surface area contributed by atoms with Crippen LogP contribution in [-0.2, 0) is 46.4 Å². The van der Waals surface area contributed by atoms with Gasteiger partial charge in [0.15, 0.2) is 16.8 Å². The lowest BCUT2D eigenvalue weighted by atomic mass is 9.76. The van der Waals surface area contributed by atoms with Crippen molar-refractivity contribution in [3.63, 3.8) is 0 Å². The predicted molar refractivity (Wildman–Crippen MR) is 202 cm³/mol. The fraction of sp³-hybridized carbons (Fsp3) is 0.476. The van der Waals surface area contributed by atoms with Gasteiger partial charge in [-0.1, -0.05) is 54.5 Å². The molecule has 0 saturated carbocycles. The highest BCUT2D eigenvalue weighted by Crippen LogP contribution is 2.52. The highest BCUT2D eigenvalue weighted by Gasteiger charge is 2.53. The van der Waals surface area contributed by atoms with Crippen molar-refractivity contribution in [2.75, 3.05) is 21.3 Å². The molecule has 0 amide bonds. The van der Waals surface area contributed by atoms with Gasteiger partial charge in [-0.05, 0) is 70.7 Å². The van der Waals surface area contributed by atoms with E-state index in [2.05, 4.69) is 10.0 Å². The summed E-state index contributed by atoms with van der Waals surface area (Å²) in [6.45, 7) is 13.0. The average molecular weight is 754 g/mol. The van der Waals surface area contributed by atoms with Gasteiger partial charge in [0.05, 0.1) is 60.2 Å². The lowest BCUT2D eigenvalue weighted by Gasteiger charge is -2.45. The van der Waals surface area contributed by atoms with Crippen LogP contribution in [-0.4, -0.2) is 56.8 Å².